The maximum Gasteiger partial charge on any atom is 0.253 e. The molecule has 7 nitrogen and oxygen atoms in total. The monoisotopic (exact) mass is 435 g/mol. The topological polar surface area (TPSA) is 87.2 Å². The first kappa shape index (κ1) is 21.0. The van der Waals surface area contributed by atoms with Crippen LogP contribution in [0.25, 0.3) is 0 Å². The van der Waals surface area contributed by atoms with Crippen LogP contribution in [-0.2, 0) is 10.2 Å². The van der Waals surface area contributed by atoms with Crippen LogP contribution in [0.1, 0.15) is 34.6 Å². The summed E-state index contributed by atoms with van der Waals surface area (Å²) < 4.78 is 0. The predicted molar refractivity (Wildman–Crippen MR) is 122 cm³/mol. The smallest absolute Gasteiger partial charge is 0.253 e. The fourth-order valence-electron chi connectivity index (χ4n) is 4.07. The maximum absolute atomic E-state index is 13.4. The van der Waals surface area contributed by atoms with Gasteiger partial charge in [0.15, 0.2) is 5.13 Å². The van der Waals surface area contributed by atoms with Gasteiger partial charge in [0, 0.05) is 43.0 Å². The third-order valence-corrected chi connectivity index (χ3v) is 6.45. The van der Waals surface area contributed by atoms with Gasteiger partial charge in [0.05, 0.1) is 11.4 Å². The summed E-state index contributed by atoms with van der Waals surface area (Å²) in [5, 5.41) is 8.79. The third-order valence-electron chi connectivity index (χ3n) is 5.58. The average Bonchev–Trinajstić information content (AvgIpc) is 3.23. The van der Waals surface area contributed by atoms with Crippen LogP contribution in [0.2, 0.25) is 0 Å². The van der Waals surface area contributed by atoms with Gasteiger partial charge in [0.25, 0.3) is 5.91 Å². The fraction of sp³-hybridized carbons (Fsp3) is 0.304. The number of nitrogens with one attached hydrogen (secondary N) is 2. The van der Waals surface area contributed by atoms with Crippen LogP contribution < -0.4 is 10.6 Å². The van der Waals surface area contributed by atoms with Crippen LogP contribution in [0, 0.1) is 6.92 Å². The van der Waals surface area contributed by atoms with Gasteiger partial charge in [-0.05, 0) is 50.1 Å². The second-order valence-electron chi connectivity index (χ2n) is 7.71. The Morgan fingerprint density at radius 1 is 1.19 bits per heavy atom. The van der Waals surface area contributed by atoms with E-state index in [2.05, 4.69) is 20.6 Å². The first-order chi connectivity index (χ1) is 15.0. The number of likely N-dealkylation sites (tertiary alicyclic amines) is 1. The van der Waals surface area contributed by atoms with E-state index in [0.29, 0.717) is 30.8 Å². The minimum Gasteiger partial charge on any atom is -0.358 e. The highest BCUT2D eigenvalue weighted by atomic mass is 32.1. The van der Waals surface area contributed by atoms with Crippen LogP contribution in [0.5, 0.6) is 0 Å². The lowest BCUT2D eigenvalue weighted by Crippen LogP contribution is -2.56. The van der Waals surface area contributed by atoms with Gasteiger partial charge in [-0.25, -0.2) is 4.98 Å². The Bertz CT molecular complexity index is 1080. The molecule has 1 aliphatic rings. The number of amides is 2. The molecule has 8 heteroatoms. The van der Waals surface area contributed by atoms with E-state index in [-0.39, 0.29) is 11.8 Å². The summed E-state index contributed by atoms with van der Waals surface area (Å²) in [6, 6.07) is 13.0. The number of aromatic nitrogens is 2. The molecule has 0 aliphatic carbocycles. The first-order valence-electron chi connectivity index (χ1n) is 10.2. The molecular weight excluding hydrogens is 410 g/mol. The molecule has 0 unspecified atom stereocenters. The van der Waals surface area contributed by atoms with Gasteiger partial charge in [-0.3, -0.25) is 14.6 Å². The van der Waals surface area contributed by atoms with Crippen molar-refractivity contribution in [2.75, 3.05) is 25.5 Å². The van der Waals surface area contributed by atoms with Crippen molar-refractivity contribution in [2.24, 2.45) is 0 Å². The summed E-state index contributed by atoms with van der Waals surface area (Å²) in [4.78, 5) is 37.0. The molecule has 1 atom stereocenters. The number of rotatable bonds is 5. The van der Waals surface area contributed by atoms with Gasteiger partial charge in [-0.15, -0.1) is 11.3 Å². The van der Waals surface area contributed by atoms with Crippen molar-refractivity contribution in [3.05, 3.63) is 71.0 Å². The van der Waals surface area contributed by atoms with E-state index in [0.717, 1.165) is 22.9 Å². The van der Waals surface area contributed by atoms with E-state index in [9.17, 15) is 9.59 Å². The number of likely N-dealkylation sites (N-methyl/N-ethyl adjacent to an activating group) is 1. The number of hydrogen-bond donors (Lipinski definition) is 2. The van der Waals surface area contributed by atoms with Crippen LogP contribution in [-0.4, -0.2) is 46.8 Å². The van der Waals surface area contributed by atoms with E-state index < -0.39 is 5.41 Å². The third kappa shape index (κ3) is 4.29. The van der Waals surface area contributed by atoms with Crippen molar-refractivity contribution in [3.8, 4) is 0 Å². The maximum atomic E-state index is 13.4. The number of piperidine rings is 1. The molecule has 1 saturated heterocycles. The predicted octanol–water partition coefficient (Wildman–Crippen LogP) is 3.51. The Kier molecular flexibility index (Phi) is 5.99. The van der Waals surface area contributed by atoms with Crippen LogP contribution in [0.15, 0.2) is 54.0 Å². The molecule has 31 heavy (non-hydrogen) atoms. The lowest BCUT2D eigenvalue weighted by Gasteiger charge is -2.41. The fourth-order valence-corrected chi connectivity index (χ4v) is 4.78. The molecule has 1 aromatic carbocycles. The first-order valence-corrected chi connectivity index (χ1v) is 11.1. The van der Waals surface area contributed by atoms with E-state index >= 15 is 0 Å². The highest BCUT2D eigenvalue weighted by Gasteiger charge is 2.45. The molecule has 0 radical (unpaired) electrons. The largest absolute Gasteiger partial charge is 0.358 e. The van der Waals surface area contributed by atoms with Gasteiger partial charge < -0.3 is 15.5 Å². The minimum absolute atomic E-state index is 0.0946. The van der Waals surface area contributed by atoms with Gasteiger partial charge in [0.1, 0.15) is 5.41 Å². The standard InChI is InChI=1S/C23H25N5O2S/c1-16-14-31-22(26-16)27-18-8-5-7-17(13-18)20(29)28-12-6-10-23(15-28,21(30)24-2)19-9-3-4-11-25-19/h3-5,7-9,11,13-14H,6,10,12,15H2,1-2H3,(H,24,30)(H,26,27)/t23-/m0/s1. The quantitative estimate of drug-likeness (QED) is 0.640. The van der Waals surface area contributed by atoms with Crippen molar-refractivity contribution in [1.29, 1.82) is 0 Å². The second kappa shape index (κ2) is 8.85. The molecule has 0 bridgehead atoms. The lowest BCUT2D eigenvalue weighted by molar-refractivity contribution is -0.128. The minimum atomic E-state index is -0.849. The van der Waals surface area contributed by atoms with Crippen LogP contribution in [0.3, 0.4) is 0 Å². The Morgan fingerprint density at radius 3 is 2.77 bits per heavy atom. The zero-order valence-corrected chi connectivity index (χ0v) is 18.4. The van der Waals surface area contributed by atoms with Crippen LogP contribution in [0.4, 0.5) is 10.8 Å². The molecule has 2 aromatic heterocycles. The number of pyridine rings is 1. The number of carbonyl (C=O) groups is 2. The second-order valence-corrected chi connectivity index (χ2v) is 8.56. The highest BCUT2D eigenvalue weighted by molar-refractivity contribution is 7.13. The van der Waals surface area contributed by atoms with Gasteiger partial charge in [-0.2, -0.15) is 0 Å². The van der Waals surface area contributed by atoms with E-state index in [1.54, 1.807) is 24.2 Å². The summed E-state index contributed by atoms with van der Waals surface area (Å²) in [6.07, 6.45) is 3.07. The number of thiazole rings is 1. The molecule has 4 rings (SSSR count). The zero-order chi connectivity index (χ0) is 21.8. The molecule has 3 heterocycles. The van der Waals surface area contributed by atoms with Gasteiger partial charge >= 0.3 is 0 Å². The zero-order valence-electron chi connectivity index (χ0n) is 17.6. The molecule has 0 saturated carbocycles. The molecule has 3 aromatic rings. The Balaban J connectivity index is 1.58. The summed E-state index contributed by atoms with van der Waals surface area (Å²) in [7, 11) is 1.63. The van der Waals surface area contributed by atoms with Crippen molar-refractivity contribution in [1.82, 2.24) is 20.2 Å². The number of carbonyl (C=O) groups excluding carboxylic acids is 2. The average molecular weight is 436 g/mol. The molecule has 0 spiro atoms. The van der Waals surface area contributed by atoms with Crippen molar-refractivity contribution < 1.29 is 9.59 Å². The molecular formula is C23H25N5O2S. The number of nitrogens with zero attached hydrogens (tertiary/aromatic N) is 3. The van der Waals surface area contributed by atoms with Crippen molar-refractivity contribution >= 4 is 34.0 Å². The number of aryl methyl sites for hydroxylation is 1. The summed E-state index contributed by atoms with van der Waals surface area (Å²) in [5.41, 5.74) is 2.18. The Morgan fingerprint density at radius 2 is 2.06 bits per heavy atom. The normalized spacial score (nSPS) is 18.5. The Labute approximate surface area is 185 Å². The summed E-state index contributed by atoms with van der Waals surface area (Å²) in [5.74, 6) is -0.207. The Hall–Kier alpha value is -3.26. The molecule has 2 N–H and O–H groups in total. The summed E-state index contributed by atoms with van der Waals surface area (Å²) in [6.45, 7) is 2.85. The van der Waals surface area contributed by atoms with E-state index in [1.807, 2.05) is 48.7 Å². The van der Waals surface area contributed by atoms with Gasteiger partial charge in [-0.1, -0.05) is 12.1 Å². The molecule has 1 fully saturated rings. The van der Waals surface area contributed by atoms with Crippen molar-refractivity contribution in [2.45, 2.75) is 25.2 Å². The van der Waals surface area contributed by atoms with E-state index in [1.165, 1.54) is 11.3 Å². The molecule has 1 aliphatic heterocycles. The SMILES string of the molecule is CNC(=O)[C@@]1(c2ccccn2)CCCN(C(=O)c2cccc(Nc3nc(C)cs3)c2)C1. The number of benzene rings is 1. The number of hydrogen-bond acceptors (Lipinski definition) is 6. The van der Waals surface area contributed by atoms with E-state index in [4.69, 9.17) is 0 Å². The molecule has 160 valence electrons. The number of anilines is 2. The summed E-state index contributed by atoms with van der Waals surface area (Å²) >= 11 is 1.52. The van der Waals surface area contributed by atoms with Gasteiger partial charge in [0.2, 0.25) is 5.91 Å². The van der Waals surface area contributed by atoms with Crippen LogP contribution >= 0.6 is 11.3 Å². The lowest BCUT2D eigenvalue weighted by atomic mass is 9.75. The highest BCUT2D eigenvalue weighted by Crippen LogP contribution is 2.34. The van der Waals surface area contributed by atoms with Crippen molar-refractivity contribution in [3.63, 3.8) is 0 Å². The molecule has 2 amide bonds.